The highest BCUT2D eigenvalue weighted by atomic mass is 14.5. The minimum absolute atomic E-state index is 0.0212. The summed E-state index contributed by atoms with van der Waals surface area (Å²) in [5.74, 6) is 0.463. The molecule has 0 heteroatoms. The van der Waals surface area contributed by atoms with Crippen LogP contribution in [0.2, 0.25) is 0 Å². The highest BCUT2D eigenvalue weighted by molar-refractivity contribution is 6.24. The van der Waals surface area contributed by atoms with Gasteiger partial charge in [-0.2, -0.15) is 0 Å². The third-order valence-corrected chi connectivity index (χ3v) is 14.0. The van der Waals surface area contributed by atoms with Crippen molar-refractivity contribution in [1.29, 1.82) is 0 Å². The Hall–Kier alpha value is -7.02. The van der Waals surface area contributed by atoms with E-state index in [1.165, 1.54) is 123 Å². The Labute approximate surface area is 366 Å². The van der Waals surface area contributed by atoms with Crippen LogP contribution in [0.4, 0.5) is 0 Å². The number of unbranched alkanes of at least 4 members (excludes halogenated alkanes) is 1. The number of hydrogen-bond acceptors (Lipinski definition) is 0. The summed E-state index contributed by atoms with van der Waals surface area (Å²) in [7, 11) is 0. The predicted molar refractivity (Wildman–Crippen MR) is 267 cm³/mol. The fourth-order valence-electron chi connectivity index (χ4n) is 11.1. The molecule has 11 rings (SSSR count). The molecule has 0 bridgehead atoms. The van der Waals surface area contributed by atoms with E-state index in [4.69, 9.17) is 0 Å². The first kappa shape index (κ1) is 37.9. The summed E-state index contributed by atoms with van der Waals surface area (Å²) < 4.78 is 0. The fraction of sp³-hybridized carbons (Fsp3) is 0.129. The topological polar surface area (TPSA) is 0 Å². The van der Waals surface area contributed by atoms with Crippen LogP contribution in [0.25, 0.3) is 99.1 Å². The molecule has 62 heavy (non-hydrogen) atoms. The molecule has 0 heterocycles. The maximum Gasteiger partial charge on any atom is 0.0238 e. The number of fused-ring (bicyclic) bond motifs is 6. The van der Waals surface area contributed by atoms with Crippen LogP contribution in [0.3, 0.4) is 0 Å². The molecule has 1 aliphatic rings. The second kappa shape index (κ2) is 15.5. The van der Waals surface area contributed by atoms with Crippen molar-refractivity contribution in [2.24, 2.45) is 5.92 Å². The molecule has 1 atom stereocenters. The molecule has 0 N–H and O–H groups in total. The summed E-state index contributed by atoms with van der Waals surface area (Å²) >= 11 is 0. The number of benzene rings is 10. The van der Waals surface area contributed by atoms with Crippen molar-refractivity contribution in [2.75, 3.05) is 0 Å². The van der Waals surface area contributed by atoms with Crippen LogP contribution in [-0.2, 0) is 5.41 Å². The molecule has 0 spiro atoms. The summed E-state index contributed by atoms with van der Waals surface area (Å²) in [5.41, 5.74) is 18.3. The molecule has 0 aliphatic heterocycles. The van der Waals surface area contributed by atoms with Gasteiger partial charge in [0.2, 0.25) is 0 Å². The van der Waals surface area contributed by atoms with E-state index in [0.29, 0.717) is 5.92 Å². The zero-order valence-electron chi connectivity index (χ0n) is 35.8. The van der Waals surface area contributed by atoms with Gasteiger partial charge >= 0.3 is 0 Å². The van der Waals surface area contributed by atoms with Gasteiger partial charge in [0.05, 0.1) is 0 Å². The molecule has 0 aromatic heterocycles. The molecular weight excluding hydrogens is 745 g/mol. The standard InChI is InChI=1S/C62H50/c1-4-5-36-62(41(2)3)58-31-19-18-26-51(58)52-33-32-44(40-59(52)62)60-53-27-14-16-29-55(53)61(56-30-17-15-28-54(56)60)57-35-34-48(49-24-12-13-25-50(49)57)47-38-45(42-20-8-6-9-21-42)37-46(39-47)43-22-10-7-11-23-43/h6-35,37-41H,4-5,36H2,1-3H3. The van der Waals surface area contributed by atoms with Crippen molar-refractivity contribution in [3.8, 4) is 66.8 Å². The van der Waals surface area contributed by atoms with Crippen LogP contribution in [0.1, 0.15) is 51.2 Å². The van der Waals surface area contributed by atoms with Gasteiger partial charge in [-0.1, -0.05) is 216 Å². The second-order valence-corrected chi connectivity index (χ2v) is 17.6. The Balaban J connectivity index is 1.13. The van der Waals surface area contributed by atoms with Crippen LogP contribution in [0.15, 0.2) is 206 Å². The third kappa shape index (κ3) is 6.04. The van der Waals surface area contributed by atoms with Gasteiger partial charge in [-0.25, -0.2) is 0 Å². The maximum absolute atomic E-state index is 2.58. The molecule has 0 saturated heterocycles. The van der Waals surface area contributed by atoms with E-state index in [9.17, 15) is 0 Å². The van der Waals surface area contributed by atoms with Crippen molar-refractivity contribution in [2.45, 2.75) is 45.4 Å². The summed E-state index contributed by atoms with van der Waals surface area (Å²) in [6, 6.07) is 77.3. The quantitative estimate of drug-likeness (QED) is 0.128. The van der Waals surface area contributed by atoms with Gasteiger partial charge < -0.3 is 0 Å². The number of hydrogen-bond donors (Lipinski definition) is 0. The SMILES string of the molecule is CCCCC1(C(C)C)c2ccccc2-c2ccc(-c3c4ccccc4c(-c4ccc(-c5cc(-c6ccccc6)cc(-c6ccccc6)c5)c5ccccc45)c4ccccc34)cc21. The summed E-state index contributed by atoms with van der Waals surface area (Å²) in [5, 5.41) is 7.64. The van der Waals surface area contributed by atoms with E-state index in [2.05, 4.69) is 227 Å². The highest BCUT2D eigenvalue weighted by Gasteiger charge is 2.45. The molecule has 10 aromatic carbocycles. The molecule has 1 aliphatic carbocycles. The first-order chi connectivity index (χ1) is 30.5. The first-order valence-electron chi connectivity index (χ1n) is 22.5. The number of rotatable bonds is 9. The Morgan fingerprint density at radius 1 is 0.339 bits per heavy atom. The summed E-state index contributed by atoms with van der Waals surface area (Å²) in [4.78, 5) is 0. The minimum Gasteiger partial charge on any atom is -0.0654 e. The lowest BCUT2D eigenvalue weighted by Crippen LogP contribution is -2.31. The Kier molecular flexibility index (Phi) is 9.46. The van der Waals surface area contributed by atoms with E-state index < -0.39 is 0 Å². The van der Waals surface area contributed by atoms with Gasteiger partial charge in [0.1, 0.15) is 0 Å². The average molecular weight is 795 g/mol. The van der Waals surface area contributed by atoms with Gasteiger partial charge in [-0.05, 0) is 147 Å². The van der Waals surface area contributed by atoms with Gasteiger partial charge in [-0.3, -0.25) is 0 Å². The van der Waals surface area contributed by atoms with Crippen molar-refractivity contribution in [1.82, 2.24) is 0 Å². The Morgan fingerprint density at radius 2 is 0.790 bits per heavy atom. The van der Waals surface area contributed by atoms with Gasteiger partial charge in [-0.15, -0.1) is 0 Å². The first-order valence-corrected chi connectivity index (χ1v) is 22.5. The van der Waals surface area contributed by atoms with Crippen LogP contribution in [0, 0.1) is 5.92 Å². The fourth-order valence-corrected chi connectivity index (χ4v) is 11.1. The molecule has 1 unspecified atom stereocenters. The summed E-state index contributed by atoms with van der Waals surface area (Å²) in [6.07, 6.45) is 3.55. The average Bonchev–Trinajstić information content (AvgIpc) is 3.62. The molecular formula is C62H50. The molecule has 10 aromatic rings. The van der Waals surface area contributed by atoms with Crippen LogP contribution < -0.4 is 0 Å². The van der Waals surface area contributed by atoms with E-state index in [1.807, 2.05) is 0 Å². The van der Waals surface area contributed by atoms with E-state index in [-0.39, 0.29) is 5.41 Å². The monoisotopic (exact) mass is 794 g/mol. The van der Waals surface area contributed by atoms with Crippen molar-refractivity contribution in [3.63, 3.8) is 0 Å². The molecule has 0 amide bonds. The molecule has 0 saturated carbocycles. The zero-order chi connectivity index (χ0) is 41.8. The highest BCUT2D eigenvalue weighted by Crippen LogP contribution is 2.57. The van der Waals surface area contributed by atoms with Gasteiger partial charge in [0.15, 0.2) is 0 Å². The third-order valence-electron chi connectivity index (χ3n) is 14.0. The summed E-state index contributed by atoms with van der Waals surface area (Å²) in [6.45, 7) is 7.20. The van der Waals surface area contributed by atoms with Crippen LogP contribution in [-0.4, -0.2) is 0 Å². The van der Waals surface area contributed by atoms with E-state index in [0.717, 1.165) is 6.42 Å². The van der Waals surface area contributed by atoms with Crippen molar-refractivity contribution >= 4 is 32.3 Å². The lowest BCUT2D eigenvalue weighted by molar-refractivity contribution is 0.343. The smallest absolute Gasteiger partial charge is 0.0238 e. The lowest BCUT2D eigenvalue weighted by atomic mass is 9.66. The van der Waals surface area contributed by atoms with Crippen molar-refractivity contribution in [3.05, 3.63) is 217 Å². The molecule has 0 nitrogen and oxygen atoms in total. The Morgan fingerprint density at radius 3 is 1.37 bits per heavy atom. The van der Waals surface area contributed by atoms with Gasteiger partial charge in [0.25, 0.3) is 0 Å². The van der Waals surface area contributed by atoms with Gasteiger partial charge in [0, 0.05) is 5.41 Å². The van der Waals surface area contributed by atoms with Crippen LogP contribution >= 0.6 is 0 Å². The molecule has 298 valence electrons. The van der Waals surface area contributed by atoms with E-state index >= 15 is 0 Å². The molecule has 0 fully saturated rings. The zero-order valence-corrected chi connectivity index (χ0v) is 35.8. The Bertz CT molecular complexity index is 3180. The largest absolute Gasteiger partial charge is 0.0654 e. The van der Waals surface area contributed by atoms with E-state index in [1.54, 1.807) is 0 Å². The second-order valence-electron chi connectivity index (χ2n) is 17.6. The normalized spacial score (nSPS) is 14.5. The van der Waals surface area contributed by atoms with Crippen LogP contribution in [0.5, 0.6) is 0 Å². The minimum atomic E-state index is -0.0212. The maximum atomic E-state index is 2.58. The predicted octanol–water partition coefficient (Wildman–Crippen LogP) is 17.6. The molecule has 0 radical (unpaired) electrons. The lowest BCUT2D eigenvalue weighted by Gasteiger charge is -2.37. The van der Waals surface area contributed by atoms with Crippen molar-refractivity contribution < 1.29 is 0 Å².